The SMILES string of the molecule is O=C(Cc1cccc2ccccc12)N/N=C\c1cccn1-c1ccc(Cl)cc1. The van der Waals surface area contributed by atoms with Crippen molar-refractivity contribution in [2.75, 3.05) is 0 Å². The summed E-state index contributed by atoms with van der Waals surface area (Å²) in [5.74, 6) is -0.155. The van der Waals surface area contributed by atoms with Gasteiger partial charge in [-0.25, -0.2) is 5.43 Å². The van der Waals surface area contributed by atoms with Gasteiger partial charge in [0.25, 0.3) is 0 Å². The maximum Gasteiger partial charge on any atom is 0.244 e. The van der Waals surface area contributed by atoms with Crippen molar-refractivity contribution >= 4 is 34.5 Å². The quantitative estimate of drug-likeness (QED) is 0.381. The Balaban J connectivity index is 1.45. The molecule has 1 N–H and O–H groups in total. The van der Waals surface area contributed by atoms with E-state index in [1.165, 1.54) is 0 Å². The molecule has 0 aliphatic carbocycles. The van der Waals surface area contributed by atoms with E-state index in [4.69, 9.17) is 11.6 Å². The van der Waals surface area contributed by atoms with Gasteiger partial charge in [-0.15, -0.1) is 0 Å². The number of nitrogens with zero attached hydrogens (tertiary/aromatic N) is 2. The first kappa shape index (κ1) is 18.0. The predicted molar refractivity (Wildman–Crippen MR) is 114 cm³/mol. The number of carbonyl (C=O) groups excluding carboxylic acids is 1. The number of hydrogen-bond acceptors (Lipinski definition) is 2. The van der Waals surface area contributed by atoms with E-state index in [9.17, 15) is 4.79 Å². The Kier molecular flexibility index (Phi) is 5.22. The summed E-state index contributed by atoms with van der Waals surface area (Å²) >= 11 is 5.95. The van der Waals surface area contributed by atoms with E-state index < -0.39 is 0 Å². The molecule has 0 atom stereocenters. The van der Waals surface area contributed by atoms with Crippen LogP contribution in [0.1, 0.15) is 11.3 Å². The molecule has 0 aliphatic heterocycles. The number of hydrogen-bond donors (Lipinski definition) is 1. The van der Waals surface area contributed by atoms with Crippen molar-refractivity contribution < 1.29 is 4.79 Å². The molecule has 0 radical (unpaired) electrons. The largest absolute Gasteiger partial charge is 0.316 e. The summed E-state index contributed by atoms with van der Waals surface area (Å²) in [7, 11) is 0. The first-order chi connectivity index (χ1) is 13.7. The fraction of sp³-hybridized carbons (Fsp3) is 0.0435. The molecule has 5 heteroatoms. The zero-order chi connectivity index (χ0) is 19.3. The minimum atomic E-state index is -0.155. The van der Waals surface area contributed by atoms with Gasteiger partial charge >= 0.3 is 0 Å². The van der Waals surface area contributed by atoms with Crippen LogP contribution in [-0.2, 0) is 11.2 Å². The Bertz CT molecular complexity index is 1140. The lowest BCUT2D eigenvalue weighted by molar-refractivity contribution is -0.120. The van der Waals surface area contributed by atoms with Crippen LogP contribution in [0.15, 0.2) is 90.2 Å². The molecule has 0 bridgehead atoms. The smallest absolute Gasteiger partial charge is 0.244 e. The molecule has 0 fully saturated rings. The highest BCUT2D eigenvalue weighted by Gasteiger charge is 2.06. The van der Waals surface area contributed by atoms with Crippen molar-refractivity contribution in [3.8, 4) is 5.69 Å². The normalized spacial score (nSPS) is 11.2. The Labute approximate surface area is 168 Å². The van der Waals surface area contributed by atoms with Gasteiger partial charge in [0.1, 0.15) is 0 Å². The molecule has 3 aromatic carbocycles. The van der Waals surface area contributed by atoms with Crippen LogP contribution < -0.4 is 5.43 Å². The molecule has 28 heavy (non-hydrogen) atoms. The van der Waals surface area contributed by atoms with Crippen molar-refractivity contribution in [2.45, 2.75) is 6.42 Å². The molecular formula is C23H18ClN3O. The van der Waals surface area contributed by atoms with Crippen LogP contribution >= 0.6 is 11.6 Å². The molecule has 1 amide bonds. The molecule has 0 aliphatic rings. The van der Waals surface area contributed by atoms with E-state index >= 15 is 0 Å². The van der Waals surface area contributed by atoms with Crippen LogP contribution in [0.3, 0.4) is 0 Å². The maximum atomic E-state index is 12.3. The molecule has 0 unspecified atom stereocenters. The lowest BCUT2D eigenvalue weighted by Crippen LogP contribution is -2.20. The third kappa shape index (κ3) is 3.97. The van der Waals surface area contributed by atoms with Gasteiger partial charge in [0, 0.05) is 16.9 Å². The molecule has 1 heterocycles. The molecule has 0 saturated heterocycles. The Morgan fingerprint density at radius 3 is 2.61 bits per heavy atom. The van der Waals surface area contributed by atoms with E-state index in [0.717, 1.165) is 27.7 Å². The minimum absolute atomic E-state index is 0.155. The third-order valence-electron chi connectivity index (χ3n) is 4.50. The molecule has 1 aromatic heterocycles. The fourth-order valence-electron chi connectivity index (χ4n) is 3.17. The zero-order valence-corrected chi connectivity index (χ0v) is 15.8. The monoisotopic (exact) mass is 387 g/mol. The minimum Gasteiger partial charge on any atom is -0.316 e. The van der Waals surface area contributed by atoms with Crippen LogP contribution in [0.25, 0.3) is 16.5 Å². The van der Waals surface area contributed by atoms with Crippen molar-refractivity contribution in [1.82, 2.24) is 9.99 Å². The summed E-state index contributed by atoms with van der Waals surface area (Å²) in [5.41, 5.74) is 5.42. The summed E-state index contributed by atoms with van der Waals surface area (Å²) in [6.07, 6.45) is 3.84. The highest BCUT2D eigenvalue weighted by Crippen LogP contribution is 2.19. The van der Waals surface area contributed by atoms with Gasteiger partial charge in [-0.2, -0.15) is 5.10 Å². The van der Waals surface area contributed by atoms with Gasteiger partial charge in [0.2, 0.25) is 5.91 Å². The number of amides is 1. The summed E-state index contributed by atoms with van der Waals surface area (Å²) < 4.78 is 1.97. The molecule has 4 aromatic rings. The Morgan fingerprint density at radius 2 is 1.75 bits per heavy atom. The lowest BCUT2D eigenvalue weighted by atomic mass is 10.0. The third-order valence-corrected chi connectivity index (χ3v) is 4.75. The summed E-state index contributed by atoms with van der Waals surface area (Å²) in [6.45, 7) is 0. The highest BCUT2D eigenvalue weighted by molar-refractivity contribution is 6.30. The standard InChI is InChI=1S/C23H18ClN3O/c24-19-10-12-20(13-11-19)27-14-4-8-21(27)16-25-26-23(28)15-18-7-3-6-17-5-1-2-9-22(17)18/h1-14,16H,15H2,(H,26,28)/b25-16-. The first-order valence-corrected chi connectivity index (χ1v) is 9.30. The van der Waals surface area contributed by atoms with E-state index in [1.54, 1.807) is 6.21 Å². The Hall–Kier alpha value is -3.37. The van der Waals surface area contributed by atoms with E-state index in [1.807, 2.05) is 89.6 Å². The molecule has 138 valence electrons. The molecule has 4 rings (SSSR count). The summed E-state index contributed by atoms with van der Waals surface area (Å²) in [6, 6.07) is 25.4. The molecular weight excluding hydrogens is 370 g/mol. The second-order valence-corrected chi connectivity index (χ2v) is 6.82. The number of benzene rings is 3. The van der Waals surface area contributed by atoms with Gasteiger partial charge in [-0.05, 0) is 52.7 Å². The molecule has 0 saturated carbocycles. The van der Waals surface area contributed by atoms with Crippen LogP contribution in [0.4, 0.5) is 0 Å². The predicted octanol–water partition coefficient (Wildman–Crippen LogP) is 4.98. The number of rotatable bonds is 5. The van der Waals surface area contributed by atoms with E-state index in [-0.39, 0.29) is 12.3 Å². The number of nitrogens with one attached hydrogen (secondary N) is 1. The highest BCUT2D eigenvalue weighted by atomic mass is 35.5. The summed E-state index contributed by atoms with van der Waals surface area (Å²) in [4.78, 5) is 12.3. The van der Waals surface area contributed by atoms with Gasteiger partial charge < -0.3 is 4.57 Å². The van der Waals surface area contributed by atoms with Crippen molar-refractivity contribution in [1.29, 1.82) is 0 Å². The van der Waals surface area contributed by atoms with Crippen molar-refractivity contribution in [3.63, 3.8) is 0 Å². The number of carbonyl (C=O) groups is 1. The molecule has 4 nitrogen and oxygen atoms in total. The van der Waals surface area contributed by atoms with Gasteiger partial charge in [0.15, 0.2) is 0 Å². The first-order valence-electron chi connectivity index (χ1n) is 8.92. The average Bonchev–Trinajstić information content (AvgIpc) is 3.17. The van der Waals surface area contributed by atoms with Crippen LogP contribution in [0.2, 0.25) is 5.02 Å². The number of aromatic nitrogens is 1. The number of fused-ring (bicyclic) bond motifs is 1. The van der Waals surface area contributed by atoms with Gasteiger partial charge in [0.05, 0.1) is 18.3 Å². The second kappa shape index (κ2) is 8.11. The topological polar surface area (TPSA) is 46.4 Å². The number of hydrazone groups is 1. The van der Waals surface area contributed by atoms with Crippen LogP contribution in [-0.4, -0.2) is 16.7 Å². The van der Waals surface area contributed by atoms with Crippen LogP contribution in [0.5, 0.6) is 0 Å². The van der Waals surface area contributed by atoms with Gasteiger partial charge in [-0.1, -0.05) is 54.1 Å². The van der Waals surface area contributed by atoms with Crippen molar-refractivity contribution in [2.24, 2.45) is 5.10 Å². The zero-order valence-electron chi connectivity index (χ0n) is 15.0. The molecule has 0 spiro atoms. The maximum absolute atomic E-state index is 12.3. The van der Waals surface area contributed by atoms with Crippen LogP contribution in [0, 0.1) is 0 Å². The lowest BCUT2D eigenvalue weighted by Gasteiger charge is -2.07. The van der Waals surface area contributed by atoms with Crippen molar-refractivity contribution in [3.05, 3.63) is 101 Å². The Morgan fingerprint density at radius 1 is 0.964 bits per heavy atom. The second-order valence-electron chi connectivity index (χ2n) is 6.39. The average molecular weight is 388 g/mol. The summed E-state index contributed by atoms with van der Waals surface area (Å²) in [5, 5.41) is 7.02. The van der Waals surface area contributed by atoms with E-state index in [0.29, 0.717) is 5.02 Å². The van der Waals surface area contributed by atoms with E-state index in [2.05, 4.69) is 10.5 Å². The van der Waals surface area contributed by atoms with Gasteiger partial charge in [-0.3, -0.25) is 4.79 Å². The fourth-order valence-corrected chi connectivity index (χ4v) is 3.29. The number of halogens is 1.